The lowest BCUT2D eigenvalue weighted by Crippen LogP contribution is -2.20. The van der Waals surface area contributed by atoms with E-state index in [1.165, 1.54) is 12.1 Å². The van der Waals surface area contributed by atoms with E-state index in [0.717, 1.165) is 11.8 Å². The zero-order valence-electron chi connectivity index (χ0n) is 10.1. The predicted molar refractivity (Wildman–Crippen MR) is 79.1 cm³/mol. The minimum Gasteiger partial charge on any atom is -0.504 e. The molecule has 2 rings (SSSR count). The first-order valence-corrected chi connectivity index (χ1v) is 6.67. The number of carbonyl (C=O) groups excluding carboxylic acids is 2. The molecular weight excluding hydrogens is 300 g/mol. The van der Waals surface area contributed by atoms with Crippen LogP contribution in [0.25, 0.3) is 6.08 Å². The van der Waals surface area contributed by atoms with E-state index in [1.807, 2.05) is 0 Å². The lowest BCUT2D eigenvalue weighted by molar-refractivity contribution is -0.120. The second kappa shape index (κ2) is 5.93. The third-order valence-corrected chi connectivity index (χ3v) is 3.46. The van der Waals surface area contributed by atoms with E-state index >= 15 is 0 Å². The number of amides is 2. The van der Waals surface area contributed by atoms with Gasteiger partial charge in [-0.25, -0.2) is 0 Å². The van der Waals surface area contributed by atoms with Crippen molar-refractivity contribution in [2.45, 2.75) is 0 Å². The lowest BCUT2D eigenvalue weighted by atomic mass is 10.2. The average molecular weight is 310 g/mol. The summed E-state index contributed by atoms with van der Waals surface area (Å²) in [6, 6.07) is 4.54. The van der Waals surface area contributed by atoms with Crippen molar-refractivity contribution >= 4 is 46.2 Å². The highest BCUT2D eigenvalue weighted by Gasteiger charge is 2.22. The summed E-state index contributed by atoms with van der Waals surface area (Å²) in [5, 5.41) is 12.3. The van der Waals surface area contributed by atoms with Crippen LogP contribution in [0.1, 0.15) is 5.56 Å². The van der Waals surface area contributed by atoms with Crippen LogP contribution >= 0.6 is 24.0 Å². The highest BCUT2D eigenvalue weighted by atomic mass is 32.2. The van der Waals surface area contributed by atoms with Gasteiger partial charge in [-0.1, -0.05) is 30.0 Å². The van der Waals surface area contributed by atoms with Crippen LogP contribution in [-0.2, 0) is 9.59 Å². The first-order valence-electron chi connectivity index (χ1n) is 5.44. The number of ether oxygens (including phenoxy) is 1. The molecule has 8 heteroatoms. The van der Waals surface area contributed by atoms with Crippen LogP contribution in [0.5, 0.6) is 11.5 Å². The van der Waals surface area contributed by atoms with E-state index < -0.39 is 5.91 Å². The molecule has 0 unspecified atom stereocenters. The van der Waals surface area contributed by atoms with Crippen LogP contribution in [0.15, 0.2) is 23.1 Å². The highest BCUT2D eigenvalue weighted by molar-refractivity contribution is 8.26. The quantitative estimate of drug-likeness (QED) is 0.560. The molecule has 2 amide bonds. The number of primary amides is 1. The van der Waals surface area contributed by atoms with Gasteiger partial charge in [-0.3, -0.25) is 9.59 Å². The van der Waals surface area contributed by atoms with Crippen LogP contribution in [0.2, 0.25) is 0 Å². The third-order valence-electron chi connectivity index (χ3n) is 2.29. The maximum Gasteiger partial charge on any atom is 0.263 e. The molecule has 20 heavy (non-hydrogen) atoms. The number of nitrogens with two attached hydrogens (primary N) is 1. The summed E-state index contributed by atoms with van der Waals surface area (Å²) in [7, 11) is 0. The molecule has 0 spiro atoms. The molecular formula is C12H10N2O4S2. The molecule has 0 atom stereocenters. The smallest absolute Gasteiger partial charge is 0.263 e. The summed E-state index contributed by atoms with van der Waals surface area (Å²) >= 11 is 6.02. The molecule has 1 aromatic carbocycles. The van der Waals surface area contributed by atoms with Crippen molar-refractivity contribution in [3.8, 4) is 11.5 Å². The average Bonchev–Trinajstić information content (AvgIpc) is 2.66. The SMILES string of the molecule is NC(=O)COc1ccc(/C=C2\SC(=S)NC2=O)cc1O. The van der Waals surface area contributed by atoms with Gasteiger partial charge in [0.15, 0.2) is 18.1 Å². The Bertz CT molecular complexity index is 628. The molecule has 0 radical (unpaired) electrons. The number of phenols is 1. The Morgan fingerprint density at radius 2 is 2.30 bits per heavy atom. The summed E-state index contributed by atoms with van der Waals surface area (Å²) in [6.07, 6.45) is 1.59. The first kappa shape index (κ1) is 14.4. The van der Waals surface area contributed by atoms with Gasteiger partial charge in [-0.15, -0.1) is 0 Å². The number of thioether (sulfide) groups is 1. The number of rotatable bonds is 4. The van der Waals surface area contributed by atoms with Crippen molar-refractivity contribution in [1.29, 1.82) is 0 Å². The second-order valence-corrected chi connectivity index (χ2v) is 5.55. The largest absolute Gasteiger partial charge is 0.504 e. The maximum absolute atomic E-state index is 11.5. The molecule has 1 aromatic rings. The highest BCUT2D eigenvalue weighted by Crippen LogP contribution is 2.30. The molecule has 0 bridgehead atoms. The minimum atomic E-state index is -0.636. The Hall–Kier alpha value is -2.06. The minimum absolute atomic E-state index is 0.144. The number of carbonyl (C=O) groups is 2. The molecule has 4 N–H and O–H groups in total. The van der Waals surface area contributed by atoms with Gasteiger partial charge < -0.3 is 20.9 Å². The zero-order valence-corrected chi connectivity index (χ0v) is 11.7. The van der Waals surface area contributed by atoms with Gasteiger partial charge in [0.2, 0.25) is 0 Å². The summed E-state index contributed by atoms with van der Waals surface area (Å²) in [6.45, 7) is -0.319. The Morgan fingerprint density at radius 1 is 1.55 bits per heavy atom. The van der Waals surface area contributed by atoms with Crippen molar-refractivity contribution in [1.82, 2.24) is 5.32 Å². The maximum atomic E-state index is 11.5. The van der Waals surface area contributed by atoms with E-state index in [1.54, 1.807) is 12.1 Å². The number of thiocarbonyl (C=S) groups is 1. The third kappa shape index (κ3) is 3.49. The predicted octanol–water partition coefficient (Wildman–Crippen LogP) is 0.745. The summed E-state index contributed by atoms with van der Waals surface area (Å²) < 4.78 is 5.41. The number of benzene rings is 1. The van der Waals surface area contributed by atoms with Crippen molar-refractivity contribution in [3.63, 3.8) is 0 Å². The van der Waals surface area contributed by atoms with E-state index in [2.05, 4.69) is 5.32 Å². The molecule has 1 fully saturated rings. The first-order chi connectivity index (χ1) is 9.45. The molecule has 6 nitrogen and oxygen atoms in total. The van der Waals surface area contributed by atoms with E-state index in [4.69, 9.17) is 22.7 Å². The van der Waals surface area contributed by atoms with E-state index in [-0.39, 0.29) is 24.0 Å². The van der Waals surface area contributed by atoms with Gasteiger partial charge in [-0.2, -0.15) is 0 Å². The standard InChI is InChI=1S/C12H10N2O4S2/c13-10(16)5-18-8-2-1-6(3-7(8)15)4-9-11(17)14-12(19)20-9/h1-4,15H,5H2,(H2,13,16)(H,14,17,19)/b9-4-. The molecule has 104 valence electrons. The summed E-state index contributed by atoms with van der Waals surface area (Å²) in [4.78, 5) is 22.5. The monoisotopic (exact) mass is 310 g/mol. The summed E-state index contributed by atoms with van der Waals surface area (Å²) in [5.74, 6) is -0.909. The fourth-order valence-corrected chi connectivity index (χ4v) is 2.51. The number of hydrogen-bond acceptors (Lipinski definition) is 6. The molecule has 0 aliphatic carbocycles. The van der Waals surface area contributed by atoms with Gasteiger partial charge in [0.25, 0.3) is 11.8 Å². The number of aromatic hydroxyl groups is 1. The normalized spacial score (nSPS) is 16.3. The van der Waals surface area contributed by atoms with Gasteiger partial charge in [0, 0.05) is 0 Å². The Balaban J connectivity index is 2.17. The fraction of sp³-hybridized carbons (Fsp3) is 0.0833. The number of phenolic OH excluding ortho intramolecular Hbond substituents is 1. The second-order valence-electron chi connectivity index (χ2n) is 3.83. The van der Waals surface area contributed by atoms with Gasteiger partial charge in [0.05, 0.1) is 4.91 Å². The number of hydrogen-bond donors (Lipinski definition) is 3. The van der Waals surface area contributed by atoms with Crippen LogP contribution in [0, 0.1) is 0 Å². The van der Waals surface area contributed by atoms with Crippen LogP contribution in [0.4, 0.5) is 0 Å². The van der Waals surface area contributed by atoms with E-state index in [0.29, 0.717) is 14.8 Å². The zero-order chi connectivity index (χ0) is 14.7. The lowest BCUT2D eigenvalue weighted by Gasteiger charge is -2.06. The fourth-order valence-electron chi connectivity index (χ4n) is 1.47. The van der Waals surface area contributed by atoms with Gasteiger partial charge in [-0.05, 0) is 23.8 Å². The van der Waals surface area contributed by atoms with Gasteiger partial charge >= 0.3 is 0 Å². The van der Waals surface area contributed by atoms with Gasteiger partial charge in [0.1, 0.15) is 4.32 Å². The molecule has 1 aliphatic heterocycles. The van der Waals surface area contributed by atoms with Crippen molar-refractivity contribution in [2.75, 3.05) is 6.61 Å². The Morgan fingerprint density at radius 3 is 2.85 bits per heavy atom. The van der Waals surface area contributed by atoms with Crippen molar-refractivity contribution in [3.05, 3.63) is 28.7 Å². The molecule has 1 saturated heterocycles. The van der Waals surface area contributed by atoms with Crippen LogP contribution in [-0.4, -0.2) is 27.8 Å². The molecule has 1 aliphatic rings. The van der Waals surface area contributed by atoms with Crippen LogP contribution in [0.3, 0.4) is 0 Å². The molecule has 0 saturated carbocycles. The van der Waals surface area contributed by atoms with Crippen LogP contribution < -0.4 is 15.8 Å². The topological polar surface area (TPSA) is 102 Å². The summed E-state index contributed by atoms with van der Waals surface area (Å²) in [5.41, 5.74) is 5.55. The Labute approximate surface area is 124 Å². The van der Waals surface area contributed by atoms with E-state index in [9.17, 15) is 14.7 Å². The Kier molecular flexibility index (Phi) is 4.26. The van der Waals surface area contributed by atoms with Crippen molar-refractivity contribution in [2.24, 2.45) is 5.73 Å². The molecule has 1 heterocycles. The van der Waals surface area contributed by atoms with Crippen molar-refractivity contribution < 1.29 is 19.4 Å². The molecule has 0 aromatic heterocycles. The number of nitrogens with one attached hydrogen (secondary N) is 1.